The van der Waals surface area contributed by atoms with Crippen molar-refractivity contribution in [3.63, 3.8) is 0 Å². The fourth-order valence-corrected chi connectivity index (χ4v) is 1.34. The van der Waals surface area contributed by atoms with E-state index in [-0.39, 0.29) is 0 Å². The summed E-state index contributed by atoms with van der Waals surface area (Å²) in [7, 11) is 0. The highest BCUT2D eigenvalue weighted by Crippen LogP contribution is 2.35. The monoisotopic (exact) mass is 98.1 g/mol. The second-order valence-electron chi connectivity index (χ2n) is 2.72. The molecule has 1 fully saturated rings. The summed E-state index contributed by atoms with van der Waals surface area (Å²) in [5.41, 5.74) is 0. The van der Waals surface area contributed by atoms with Gasteiger partial charge in [0.15, 0.2) is 0 Å². The van der Waals surface area contributed by atoms with Gasteiger partial charge in [0.2, 0.25) is 0 Å². The van der Waals surface area contributed by atoms with Gasteiger partial charge in [0.25, 0.3) is 0 Å². The predicted molar refractivity (Wildman–Crippen MR) is 32.2 cm³/mol. The Hall–Kier alpha value is 0. The van der Waals surface area contributed by atoms with Gasteiger partial charge in [0.05, 0.1) is 0 Å². The van der Waals surface area contributed by atoms with E-state index in [0.29, 0.717) is 0 Å². The standard InChI is InChI=1S/C7H14/c1-3-7-5-4-6(7)2/h6-7H,3-5H2,1-2H3/t6-,7+/m1/s1. The van der Waals surface area contributed by atoms with E-state index in [1.807, 2.05) is 0 Å². The minimum Gasteiger partial charge on any atom is -0.0651 e. The molecule has 7 heavy (non-hydrogen) atoms. The summed E-state index contributed by atoms with van der Waals surface area (Å²) in [6.07, 6.45) is 4.39. The van der Waals surface area contributed by atoms with E-state index < -0.39 is 0 Å². The molecule has 2 atom stereocenters. The Labute approximate surface area is 45.9 Å². The van der Waals surface area contributed by atoms with Crippen molar-refractivity contribution >= 4 is 0 Å². The molecule has 0 aromatic rings. The molecule has 0 unspecified atom stereocenters. The number of hydrogen-bond acceptors (Lipinski definition) is 0. The third kappa shape index (κ3) is 0.793. The predicted octanol–water partition coefficient (Wildman–Crippen LogP) is 2.44. The van der Waals surface area contributed by atoms with Crippen LogP contribution in [0, 0.1) is 11.8 Å². The molecule has 42 valence electrons. The molecule has 0 aromatic carbocycles. The van der Waals surface area contributed by atoms with Crippen molar-refractivity contribution in [1.29, 1.82) is 0 Å². The largest absolute Gasteiger partial charge is 0.0651 e. The number of hydrogen-bond donors (Lipinski definition) is 0. The Morgan fingerprint density at radius 1 is 1.43 bits per heavy atom. The molecular formula is C7H14. The lowest BCUT2D eigenvalue weighted by Crippen LogP contribution is -2.21. The van der Waals surface area contributed by atoms with Crippen LogP contribution in [-0.4, -0.2) is 0 Å². The third-order valence-electron chi connectivity index (χ3n) is 2.32. The molecule has 0 aromatic heterocycles. The summed E-state index contributed by atoms with van der Waals surface area (Å²) < 4.78 is 0. The Kier molecular flexibility index (Phi) is 1.36. The maximum Gasteiger partial charge on any atom is -0.0391 e. The van der Waals surface area contributed by atoms with E-state index in [4.69, 9.17) is 0 Å². The summed E-state index contributed by atoms with van der Waals surface area (Å²) >= 11 is 0. The van der Waals surface area contributed by atoms with Crippen molar-refractivity contribution in [2.45, 2.75) is 33.1 Å². The Morgan fingerprint density at radius 3 is 2.14 bits per heavy atom. The molecule has 0 heteroatoms. The minimum absolute atomic E-state index is 1.05. The van der Waals surface area contributed by atoms with Crippen molar-refractivity contribution in [1.82, 2.24) is 0 Å². The molecule has 0 N–H and O–H groups in total. The molecule has 0 nitrogen and oxygen atoms in total. The van der Waals surface area contributed by atoms with E-state index >= 15 is 0 Å². The third-order valence-corrected chi connectivity index (χ3v) is 2.32. The lowest BCUT2D eigenvalue weighted by atomic mass is 9.74. The quantitative estimate of drug-likeness (QED) is 0.472. The van der Waals surface area contributed by atoms with Gasteiger partial charge in [-0.3, -0.25) is 0 Å². The first-order valence-corrected chi connectivity index (χ1v) is 3.34. The van der Waals surface area contributed by atoms with Gasteiger partial charge in [0.1, 0.15) is 0 Å². The van der Waals surface area contributed by atoms with Crippen LogP contribution in [0.2, 0.25) is 0 Å². The Balaban J connectivity index is 2.16. The molecule has 1 rings (SSSR count). The fourth-order valence-electron chi connectivity index (χ4n) is 1.34. The molecule has 0 heterocycles. The van der Waals surface area contributed by atoms with Crippen molar-refractivity contribution < 1.29 is 0 Å². The first-order chi connectivity index (χ1) is 3.34. The van der Waals surface area contributed by atoms with Crippen LogP contribution >= 0.6 is 0 Å². The van der Waals surface area contributed by atoms with Gasteiger partial charge in [-0.05, 0) is 18.3 Å². The van der Waals surface area contributed by atoms with Crippen molar-refractivity contribution in [2.75, 3.05) is 0 Å². The molecule has 0 spiro atoms. The van der Waals surface area contributed by atoms with Gasteiger partial charge >= 0.3 is 0 Å². The molecule has 1 aliphatic rings. The normalized spacial score (nSPS) is 40.3. The van der Waals surface area contributed by atoms with E-state index in [2.05, 4.69) is 13.8 Å². The van der Waals surface area contributed by atoms with Gasteiger partial charge in [0, 0.05) is 0 Å². The molecule has 0 saturated heterocycles. The minimum atomic E-state index is 1.05. The van der Waals surface area contributed by atoms with Gasteiger partial charge < -0.3 is 0 Å². The Bertz CT molecular complexity index is 55.1. The van der Waals surface area contributed by atoms with Crippen LogP contribution in [0.25, 0.3) is 0 Å². The smallest absolute Gasteiger partial charge is 0.0391 e. The van der Waals surface area contributed by atoms with Crippen LogP contribution in [0.4, 0.5) is 0 Å². The maximum absolute atomic E-state index is 2.36. The molecular weight excluding hydrogens is 84.1 g/mol. The topological polar surface area (TPSA) is 0 Å². The highest BCUT2D eigenvalue weighted by molar-refractivity contribution is 4.75. The molecule has 0 amide bonds. The maximum atomic E-state index is 2.36. The van der Waals surface area contributed by atoms with Crippen LogP contribution in [0.1, 0.15) is 33.1 Å². The zero-order valence-electron chi connectivity index (χ0n) is 5.28. The molecule has 0 radical (unpaired) electrons. The SMILES string of the molecule is CC[C@H]1CC[C@H]1C. The second-order valence-corrected chi connectivity index (χ2v) is 2.72. The Morgan fingerprint density at radius 2 is 2.14 bits per heavy atom. The van der Waals surface area contributed by atoms with E-state index in [9.17, 15) is 0 Å². The van der Waals surface area contributed by atoms with Crippen molar-refractivity contribution in [3.05, 3.63) is 0 Å². The molecule has 0 aliphatic heterocycles. The second kappa shape index (κ2) is 1.85. The van der Waals surface area contributed by atoms with Gasteiger partial charge in [-0.1, -0.05) is 26.7 Å². The van der Waals surface area contributed by atoms with Crippen LogP contribution in [0.15, 0.2) is 0 Å². The van der Waals surface area contributed by atoms with Crippen molar-refractivity contribution in [3.8, 4) is 0 Å². The summed E-state index contributed by atoms with van der Waals surface area (Å²) in [6.45, 7) is 4.65. The first kappa shape index (κ1) is 5.14. The van der Waals surface area contributed by atoms with Gasteiger partial charge in [-0.25, -0.2) is 0 Å². The first-order valence-electron chi connectivity index (χ1n) is 3.34. The zero-order chi connectivity index (χ0) is 5.28. The van der Waals surface area contributed by atoms with Crippen LogP contribution in [0.5, 0.6) is 0 Å². The lowest BCUT2D eigenvalue weighted by Gasteiger charge is -2.32. The zero-order valence-corrected chi connectivity index (χ0v) is 5.28. The molecule has 1 aliphatic carbocycles. The highest BCUT2D eigenvalue weighted by atomic mass is 14.3. The van der Waals surface area contributed by atoms with Crippen LogP contribution in [0.3, 0.4) is 0 Å². The average molecular weight is 98.2 g/mol. The summed E-state index contributed by atoms with van der Waals surface area (Å²) in [5, 5.41) is 0. The average Bonchev–Trinajstić information content (AvgIpc) is 1.65. The van der Waals surface area contributed by atoms with Gasteiger partial charge in [-0.15, -0.1) is 0 Å². The highest BCUT2D eigenvalue weighted by Gasteiger charge is 2.23. The summed E-state index contributed by atoms with van der Waals surface area (Å²) in [5.74, 6) is 2.13. The van der Waals surface area contributed by atoms with E-state index in [1.54, 1.807) is 0 Å². The van der Waals surface area contributed by atoms with E-state index in [1.165, 1.54) is 19.3 Å². The number of rotatable bonds is 1. The fraction of sp³-hybridized carbons (Fsp3) is 1.00. The molecule has 1 saturated carbocycles. The lowest BCUT2D eigenvalue weighted by molar-refractivity contribution is 0.190. The van der Waals surface area contributed by atoms with E-state index in [0.717, 1.165) is 11.8 Å². The summed E-state index contributed by atoms with van der Waals surface area (Å²) in [6, 6.07) is 0. The molecule has 0 bridgehead atoms. The van der Waals surface area contributed by atoms with Crippen LogP contribution in [-0.2, 0) is 0 Å². The van der Waals surface area contributed by atoms with Gasteiger partial charge in [-0.2, -0.15) is 0 Å². The van der Waals surface area contributed by atoms with Crippen LogP contribution < -0.4 is 0 Å². The van der Waals surface area contributed by atoms with Crippen molar-refractivity contribution in [2.24, 2.45) is 11.8 Å². The summed E-state index contributed by atoms with van der Waals surface area (Å²) in [4.78, 5) is 0.